The van der Waals surface area contributed by atoms with Gasteiger partial charge in [-0.3, -0.25) is 14.4 Å². The van der Waals surface area contributed by atoms with E-state index in [-0.39, 0.29) is 25.0 Å². The predicted molar refractivity (Wildman–Crippen MR) is 168 cm³/mol. The first-order chi connectivity index (χ1) is 20.7. The molecule has 3 amide bonds. The molecule has 0 aliphatic rings. The zero-order chi connectivity index (χ0) is 30.8. The van der Waals surface area contributed by atoms with Crippen LogP contribution < -0.4 is 21.7 Å². The van der Waals surface area contributed by atoms with Gasteiger partial charge in [-0.1, -0.05) is 78.9 Å². The first-order valence-corrected chi connectivity index (χ1v) is 14.5. The van der Waals surface area contributed by atoms with E-state index >= 15 is 0 Å². The highest BCUT2D eigenvalue weighted by atomic mass is 32.1. The molecule has 43 heavy (non-hydrogen) atoms. The smallest absolute Gasteiger partial charge is 0.326 e. The van der Waals surface area contributed by atoms with Crippen molar-refractivity contribution in [2.75, 3.05) is 5.75 Å². The van der Waals surface area contributed by atoms with E-state index in [1.807, 2.05) is 72.8 Å². The second-order valence-electron chi connectivity index (χ2n) is 10.3. The Hall–Kier alpha value is -4.61. The number of rotatable bonds is 14. The molecule has 0 bridgehead atoms. The number of H-pyrrole nitrogens is 1. The summed E-state index contributed by atoms with van der Waals surface area (Å²) in [5.41, 5.74) is 8.97. The molecule has 1 heterocycles. The van der Waals surface area contributed by atoms with Gasteiger partial charge >= 0.3 is 5.97 Å². The van der Waals surface area contributed by atoms with E-state index in [0.29, 0.717) is 0 Å². The van der Waals surface area contributed by atoms with Gasteiger partial charge in [-0.15, -0.1) is 0 Å². The molecular formula is C32H35N5O5S. The third kappa shape index (κ3) is 8.69. The SMILES string of the molecule is N[C@@H](CS)C(=O)N[C@@H](Cc1ccccc1)C(=O)N[C@@H](Cc1ccccc1)C(=O)N[C@H](Cc1c[nH]c2ccccc12)C(=O)O. The Kier molecular flexibility index (Phi) is 11.0. The maximum atomic E-state index is 13.6. The highest BCUT2D eigenvalue weighted by molar-refractivity contribution is 7.80. The largest absolute Gasteiger partial charge is 0.480 e. The molecule has 11 heteroatoms. The van der Waals surface area contributed by atoms with E-state index < -0.39 is 47.9 Å². The summed E-state index contributed by atoms with van der Waals surface area (Å²) in [7, 11) is 0. The minimum Gasteiger partial charge on any atom is -0.480 e. The molecule has 0 saturated heterocycles. The Morgan fingerprint density at radius 1 is 0.698 bits per heavy atom. The fraction of sp³-hybridized carbons (Fsp3) is 0.250. The molecule has 0 saturated carbocycles. The number of aliphatic carboxylic acids is 1. The van der Waals surface area contributed by atoms with Crippen molar-refractivity contribution in [1.82, 2.24) is 20.9 Å². The summed E-state index contributed by atoms with van der Waals surface area (Å²) >= 11 is 4.08. The number of nitrogens with two attached hydrogens (primary N) is 1. The summed E-state index contributed by atoms with van der Waals surface area (Å²) in [6.07, 6.45) is 2.00. The van der Waals surface area contributed by atoms with Crippen molar-refractivity contribution < 1.29 is 24.3 Å². The van der Waals surface area contributed by atoms with Crippen LogP contribution in [0.4, 0.5) is 0 Å². The monoisotopic (exact) mass is 601 g/mol. The molecule has 0 fully saturated rings. The number of amides is 3. The summed E-state index contributed by atoms with van der Waals surface area (Å²) in [4.78, 5) is 55.3. The Labute approximate surface area is 254 Å². The molecule has 4 rings (SSSR count). The van der Waals surface area contributed by atoms with Gasteiger partial charge in [0.1, 0.15) is 18.1 Å². The maximum absolute atomic E-state index is 13.6. The Bertz CT molecular complexity index is 1550. The number of para-hydroxylation sites is 1. The number of hydrogen-bond acceptors (Lipinski definition) is 6. The van der Waals surface area contributed by atoms with Gasteiger partial charge in [0.25, 0.3) is 0 Å². The molecular weight excluding hydrogens is 566 g/mol. The zero-order valence-corrected chi connectivity index (χ0v) is 24.3. The van der Waals surface area contributed by atoms with E-state index in [1.165, 1.54) is 0 Å². The van der Waals surface area contributed by atoms with Crippen molar-refractivity contribution in [3.8, 4) is 0 Å². The lowest BCUT2D eigenvalue weighted by Gasteiger charge is -2.25. The minimum atomic E-state index is -1.25. The van der Waals surface area contributed by atoms with Crippen LogP contribution in [0.2, 0.25) is 0 Å². The number of nitrogens with one attached hydrogen (secondary N) is 4. The minimum absolute atomic E-state index is 0.0331. The van der Waals surface area contributed by atoms with Gasteiger partial charge in [0.2, 0.25) is 17.7 Å². The molecule has 0 radical (unpaired) electrons. The quantitative estimate of drug-likeness (QED) is 0.109. The highest BCUT2D eigenvalue weighted by Crippen LogP contribution is 2.19. The van der Waals surface area contributed by atoms with Gasteiger partial charge in [0, 0.05) is 42.1 Å². The van der Waals surface area contributed by atoms with Crippen molar-refractivity contribution in [3.05, 3.63) is 108 Å². The average Bonchev–Trinajstić information content (AvgIpc) is 3.43. The predicted octanol–water partition coefficient (Wildman–Crippen LogP) is 1.99. The number of aromatic amines is 1. The number of hydrogen-bond donors (Lipinski definition) is 7. The fourth-order valence-electron chi connectivity index (χ4n) is 4.74. The second kappa shape index (κ2) is 15.0. The first kappa shape index (κ1) is 31.3. The number of thiol groups is 1. The Balaban J connectivity index is 1.56. The van der Waals surface area contributed by atoms with E-state index in [1.54, 1.807) is 18.3 Å². The zero-order valence-electron chi connectivity index (χ0n) is 23.4. The molecule has 0 aliphatic heterocycles. The van der Waals surface area contributed by atoms with Crippen molar-refractivity contribution in [3.63, 3.8) is 0 Å². The summed E-state index contributed by atoms with van der Waals surface area (Å²) in [5, 5.41) is 18.9. The van der Waals surface area contributed by atoms with Crippen LogP contribution in [-0.2, 0) is 38.4 Å². The van der Waals surface area contributed by atoms with Gasteiger partial charge in [-0.2, -0.15) is 12.6 Å². The van der Waals surface area contributed by atoms with Crippen molar-refractivity contribution in [2.24, 2.45) is 5.73 Å². The molecule has 0 unspecified atom stereocenters. The van der Waals surface area contributed by atoms with Crippen molar-refractivity contribution >= 4 is 47.2 Å². The van der Waals surface area contributed by atoms with Gasteiger partial charge in [-0.05, 0) is 22.8 Å². The van der Waals surface area contributed by atoms with Crippen LogP contribution in [0.15, 0.2) is 91.1 Å². The molecule has 4 aromatic rings. The molecule has 224 valence electrons. The Morgan fingerprint density at radius 2 is 1.19 bits per heavy atom. The normalized spacial score (nSPS) is 13.8. The van der Waals surface area contributed by atoms with Crippen LogP contribution in [0.25, 0.3) is 10.9 Å². The summed E-state index contributed by atoms with van der Waals surface area (Å²) < 4.78 is 0. The van der Waals surface area contributed by atoms with Crippen LogP contribution in [0.3, 0.4) is 0 Å². The van der Waals surface area contributed by atoms with Crippen LogP contribution in [0.5, 0.6) is 0 Å². The molecule has 10 nitrogen and oxygen atoms in total. The molecule has 1 aromatic heterocycles. The summed E-state index contributed by atoms with van der Waals surface area (Å²) in [6, 6.07) is 21.3. The number of aromatic nitrogens is 1. The van der Waals surface area contributed by atoms with Gasteiger partial charge in [-0.25, -0.2) is 4.79 Å². The van der Waals surface area contributed by atoms with Crippen LogP contribution in [-0.4, -0.2) is 63.7 Å². The number of carboxylic acid groups (broad SMARTS) is 1. The van der Waals surface area contributed by atoms with Gasteiger partial charge in [0.05, 0.1) is 6.04 Å². The lowest BCUT2D eigenvalue weighted by atomic mass is 10.0. The Morgan fingerprint density at radius 3 is 1.72 bits per heavy atom. The topological polar surface area (TPSA) is 166 Å². The fourth-order valence-corrected chi connectivity index (χ4v) is 4.91. The maximum Gasteiger partial charge on any atom is 0.326 e. The number of benzene rings is 3. The molecule has 7 N–H and O–H groups in total. The van der Waals surface area contributed by atoms with Crippen LogP contribution in [0, 0.1) is 0 Å². The van der Waals surface area contributed by atoms with Crippen molar-refractivity contribution in [2.45, 2.75) is 43.4 Å². The number of fused-ring (bicyclic) bond motifs is 1. The molecule has 4 atom stereocenters. The third-order valence-electron chi connectivity index (χ3n) is 7.08. The van der Waals surface area contributed by atoms with Gasteiger partial charge in [0.15, 0.2) is 0 Å². The number of carboxylic acids is 1. The highest BCUT2D eigenvalue weighted by Gasteiger charge is 2.31. The average molecular weight is 602 g/mol. The van der Waals surface area contributed by atoms with E-state index in [0.717, 1.165) is 27.6 Å². The lowest BCUT2D eigenvalue weighted by Crippen LogP contribution is -2.58. The lowest BCUT2D eigenvalue weighted by molar-refractivity contribution is -0.142. The van der Waals surface area contributed by atoms with Gasteiger partial charge < -0.3 is 31.8 Å². The number of carbonyl (C=O) groups excluding carboxylic acids is 3. The number of carbonyl (C=O) groups is 4. The van der Waals surface area contributed by atoms with Crippen molar-refractivity contribution in [1.29, 1.82) is 0 Å². The first-order valence-electron chi connectivity index (χ1n) is 13.9. The van der Waals surface area contributed by atoms with E-state index in [2.05, 4.69) is 33.6 Å². The molecule has 0 spiro atoms. The summed E-state index contributed by atoms with van der Waals surface area (Å²) in [6.45, 7) is 0. The molecule has 0 aliphatic carbocycles. The third-order valence-corrected chi connectivity index (χ3v) is 7.47. The molecule has 3 aromatic carbocycles. The van der Waals surface area contributed by atoms with E-state index in [9.17, 15) is 24.3 Å². The van der Waals surface area contributed by atoms with E-state index in [4.69, 9.17) is 5.73 Å². The summed E-state index contributed by atoms with van der Waals surface area (Å²) in [5.74, 6) is -2.96. The standard InChI is InChI=1S/C32H35N5O5S/c33-24(19-43)29(38)35-26(15-20-9-3-1-4-10-20)30(39)36-27(16-21-11-5-2-6-12-21)31(40)37-28(32(41)42)17-22-18-34-25-14-8-7-13-23(22)25/h1-14,18,24,26-28,34,43H,15-17,19,33H2,(H,35,38)(H,36,39)(H,37,40)(H,41,42)/t24-,26-,27-,28+/m0/s1. The second-order valence-corrected chi connectivity index (χ2v) is 10.6. The van der Waals surface area contributed by atoms with Crippen LogP contribution in [0.1, 0.15) is 16.7 Å². The van der Waals surface area contributed by atoms with Crippen LogP contribution >= 0.6 is 12.6 Å².